The zero-order valence-electron chi connectivity index (χ0n) is 11.3. The summed E-state index contributed by atoms with van der Waals surface area (Å²) >= 11 is 0. The SMILES string of the molecule is Cc1cccc(CC(O)c2cccc(C)c2C)c1. The van der Waals surface area contributed by atoms with Gasteiger partial charge in [-0.3, -0.25) is 0 Å². The van der Waals surface area contributed by atoms with E-state index in [9.17, 15) is 5.11 Å². The van der Waals surface area contributed by atoms with Crippen LogP contribution in [0.3, 0.4) is 0 Å². The fraction of sp³-hybridized carbons (Fsp3) is 0.294. The molecule has 0 aliphatic rings. The molecule has 0 saturated heterocycles. The maximum absolute atomic E-state index is 10.4. The Kier molecular flexibility index (Phi) is 3.83. The standard InChI is InChI=1S/C17H20O/c1-12-6-4-8-15(10-12)11-17(18)16-9-5-7-13(2)14(16)3/h4-10,17-18H,11H2,1-3H3. The van der Waals surface area contributed by atoms with Crippen LogP contribution in [0.1, 0.15) is 33.9 Å². The number of rotatable bonds is 3. The molecule has 0 aliphatic carbocycles. The van der Waals surface area contributed by atoms with Crippen LogP contribution in [-0.2, 0) is 6.42 Å². The van der Waals surface area contributed by atoms with Gasteiger partial charge in [0, 0.05) is 6.42 Å². The minimum atomic E-state index is -0.424. The van der Waals surface area contributed by atoms with Crippen molar-refractivity contribution in [2.24, 2.45) is 0 Å². The van der Waals surface area contributed by atoms with Crippen molar-refractivity contribution < 1.29 is 5.11 Å². The fourth-order valence-corrected chi connectivity index (χ4v) is 2.31. The van der Waals surface area contributed by atoms with E-state index >= 15 is 0 Å². The van der Waals surface area contributed by atoms with Crippen molar-refractivity contribution in [3.63, 3.8) is 0 Å². The van der Waals surface area contributed by atoms with Gasteiger partial charge >= 0.3 is 0 Å². The highest BCUT2D eigenvalue weighted by Crippen LogP contribution is 2.23. The minimum absolute atomic E-state index is 0.424. The van der Waals surface area contributed by atoms with Gasteiger partial charge in [0.15, 0.2) is 0 Å². The lowest BCUT2D eigenvalue weighted by Crippen LogP contribution is -2.05. The number of aliphatic hydroxyl groups is 1. The van der Waals surface area contributed by atoms with E-state index in [4.69, 9.17) is 0 Å². The van der Waals surface area contributed by atoms with Gasteiger partial charge in [0.2, 0.25) is 0 Å². The van der Waals surface area contributed by atoms with E-state index in [2.05, 4.69) is 45.0 Å². The number of aliphatic hydroxyl groups excluding tert-OH is 1. The Morgan fingerprint density at radius 1 is 1.00 bits per heavy atom. The van der Waals surface area contributed by atoms with E-state index in [1.807, 2.05) is 18.2 Å². The smallest absolute Gasteiger partial charge is 0.0833 e. The molecule has 1 atom stereocenters. The molecule has 0 bridgehead atoms. The molecule has 0 aliphatic heterocycles. The zero-order chi connectivity index (χ0) is 13.1. The number of benzene rings is 2. The lowest BCUT2D eigenvalue weighted by atomic mass is 9.95. The Balaban J connectivity index is 2.22. The Bertz CT molecular complexity index is 543. The number of hydrogen-bond acceptors (Lipinski definition) is 1. The molecule has 0 aromatic heterocycles. The van der Waals surface area contributed by atoms with Gasteiger partial charge in [-0.2, -0.15) is 0 Å². The van der Waals surface area contributed by atoms with Crippen molar-refractivity contribution in [2.75, 3.05) is 0 Å². The Morgan fingerprint density at radius 2 is 1.72 bits per heavy atom. The van der Waals surface area contributed by atoms with Gasteiger partial charge < -0.3 is 5.11 Å². The van der Waals surface area contributed by atoms with Crippen LogP contribution in [0.5, 0.6) is 0 Å². The lowest BCUT2D eigenvalue weighted by molar-refractivity contribution is 0.177. The molecule has 0 fully saturated rings. The average molecular weight is 240 g/mol. The largest absolute Gasteiger partial charge is 0.388 e. The van der Waals surface area contributed by atoms with Gasteiger partial charge in [-0.25, -0.2) is 0 Å². The van der Waals surface area contributed by atoms with Gasteiger partial charge in [-0.1, -0.05) is 48.0 Å². The van der Waals surface area contributed by atoms with E-state index in [0.717, 1.165) is 5.56 Å². The predicted molar refractivity (Wildman–Crippen MR) is 75.8 cm³/mol. The van der Waals surface area contributed by atoms with Crippen LogP contribution < -0.4 is 0 Å². The van der Waals surface area contributed by atoms with Gasteiger partial charge in [-0.05, 0) is 43.0 Å². The van der Waals surface area contributed by atoms with Gasteiger partial charge in [0.25, 0.3) is 0 Å². The molecule has 2 aromatic rings. The molecule has 94 valence electrons. The molecule has 0 heterocycles. The summed E-state index contributed by atoms with van der Waals surface area (Å²) in [5.41, 5.74) is 5.88. The van der Waals surface area contributed by atoms with E-state index in [-0.39, 0.29) is 0 Å². The average Bonchev–Trinajstić information content (AvgIpc) is 2.32. The van der Waals surface area contributed by atoms with Crippen molar-refractivity contribution in [2.45, 2.75) is 33.3 Å². The topological polar surface area (TPSA) is 20.2 Å². The van der Waals surface area contributed by atoms with Crippen LogP contribution in [0.2, 0.25) is 0 Å². The maximum atomic E-state index is 10.4. The van der Waals surface area contributed by atoms with Crippen LogP contribution in [0.4, 0.5) is 0 Å². The molecule has 2 aromatic carbocycles. The first-order chi connectivity index (χ1) is 8.58. The van der Waals surface area contributed by atoms with Gasteiger partial charge in [0.1, 0.15) is 0 Å². The van der Waals surface area contributed by atoms with Crippen molar-refractivity contribution in [3.8, 4) is 0 Å². The molecule has 0 amide bonds. The summed E-state index contributed by atoms with van der Waals surface area (Å²) in [6.45, 7) is 6.23. The van der Waals surface area contributed by atoms with E-state index in [0.29, 0.717) is 6.42 Å². The van der Waals surface area contributed by atoms with Crippen LogP contribution in [0.25, 0.3) is 0 Å². The molecule has 1 heteroatoms. The van der Waals surface area contributed by atoms with Crippen molar-refractivity contribution in [3.05, 3.63) is 70.3 Å². The van der Waals surface area contributed by atoms with Crippen molar-refractivity contribution in [1.29, 1.82) is 0 Å². The van der Waals surface area contributed by atoms with Crippen LogP contribution in [0, 0.1) is 20.8 Å². The Morgan fingerprint density at radius 3 is 2.44 bits per heavy atom. The van der Waals surface area contributed by atoms with Crippen molar-refractivity contribution >= 4 is 0 Å². The highest BCUT2D eigenvalue weighted by molar-refractivity contribution is 5.35. The maximum Gasteiger partial charge on any atom is 0.0833 e. The zero-order valence-corrected chi connectivity index (χ0v) is 11.3. The molecule has 1 nitrogen and oxygen atoms in total. The fourth-order valence-electron chi connectivity index (χ4n) is 2.31. The van der Waals surface area contributed by atoms with E-state index in [1.165, 1.54) is 22.3 Å². The minimum Gasteiger partial charge on any atom is -0.388 e. The molecule has 2 rings (SSSR count). The summed E-state index contributed by atoms with van der Waals surface area (Å²) in [5, 5.41) is 10.4. The predicted octanol–water partition coefficient (Wildman–Crippen LogP) is 3.89. The first-order valence-corrected chi connectivity index (χ1v) is 6.37. The second-order valence-corrected chi connectivity index (χ2v) is 5.00. The monoisotopic (exact) mass is 240 g/mol. The molecule has 0 spiro atoms. The number of aryl methyl sites for hydroxylation is 2. The Hall–Kier alpha value is -1.60. The first kappa shape index (κ1) is 12.8. The van der Waals surface area contributed by atoms with Crippen molar-refractivity contribution in [1.82, 2.24) is 0 Å². The highest BCUT2D eigenvalue weighted by Gasteiger charge is 2.12. The second-order valence-electron chi connectivity index (χ2n) is 5.00. The third-order valence-corrected chi connectivity index (χ3v) is 3.52. The molecule has 1 unspecified atom stereocenters. The molecule has 0 saturated carbocycles. The summed E-state index contributed by atoms with van der Waals surface area (Å²) < 4.78 is 0. The first-order valence-electron chi connectivity index (χ1n) is 6.37. The number of hydrogen-bond donors (Lipinski definition) is 1. The quantitative estimate of drug-likeness (QED) is 0.863. The summed E-state index contributed by atoms with van der Waals surface area (Å²) in [4.78, 5) is 0. The highest BCUT2D eigenvalue weighted by atomic mass is 16.3. The third-order valence-electron chi connectivity index (χ3n) is 3.52. The van der Waals surface area contributed by atoms with Crippen LogP contribution >= 0.6 is 0 Å². The summed E-state index contributed by atoms with van der Waals surface area (Å²) in [6.07, 6.45) is 0.248. The normalized spacial score (nSPS) is 12.4. The van der Waals surface area contributed by atoms with E-state index in [1.54, 1.807) is 0 Å². The van der Waals surface area contributed by atoms with Gasteiger partial charge in [-0.15, -0.1) is 0 Å². The summed E-state index contributed by atoms with van der Waals surface area (Å²) in [7, 11) is 0. The third kappa shape index (κ3) is 2.80. The van der Waals surface area contributed by atoms with Gasteiger partial charge in [0.05, 0.1) is 6.10 Å². The molecule has 0 radical (unpaired) electrons. The molecule has 18 heavy (non-hydrogen) atoms. The summed E-state index contributed by atoms with van der Waals surface area (Å²) in [6, 6.07) is 14.4. The lowest BCUT2D eigenvalue weighted by Gasteiger charge is -2.15. The molecular weight excluding hydrogens is 220 g/mol. The second kappa shape index (κ2) is 5.36. The molecular formula is C17H20O. The summed E-state index contributed by atoms with van der Waals surface area (Å²) in [5.74, 6) is 0. The van der Waals surface area contributed by atoms with Crippen LogP contribution in [0.15, 0.2) is 42.5 Å². The van der Waals surface area contributed by atoms with Crippen LogP contribution in [-0.4, -0.2) is 5.11 Å². The van der Waals surface area contributed by atoms with E-state index < -0.39 is 6.10 Å². The Labute approximate surface area is 109 Å². The molecule has 1 N–H and O–H groups in total.